The number of halogens is 6. The predicted octanol–water partition coefficient (Wildman–Crippen LogP) is 3.96. The van der Waals surface area contributed by atoms with Crippen LogP contribution in [-0.2, 0) is 0 Å². The van der Waals surface area contributed by atoms with E-state index in [1.165, 1.54) is 12.1 Å². The molecule has 0 unspecified atom stereocenters. The third-order valence-corrected chi connectivity index (χ3v) is 2.47. The van der Waals surface area contributed by atoms with Crippen molar-refractivity contribution in [3.05, 3.63) is 34.1 Å². The Morgan fingerprint density at radius 2 is 1.88 bits per heavy atom. The first-order valence-corrected chi connectivity index (χ1v) is 4.86. The molecule has 0 amide bonds. The van der Waals surface area contributed by atoms with Crippen LogP contribution in [0.1, 0.15) is 18.0 Å². The van der Waals surface area contributed by atoms with Gasteiger partial charge >= 0.3 is 6.18 Å². The maximum absolute atomic E-state index is 13.0. The van der Waals surface area contributed by atoms with E-state index in [9.17, 15) is 17.6 Å². The van der Waals surface area contributed by atoms with E-state index in [2.05, 4.69) is 15.9 Å². The van der Waals surface area contributed by atoms with E-state index in [0.717, 1.165) is 6.07 Å². The highest BCUT2D eigenvalue weighted by atomic mass is 79.9. The molecule has 0 heterocycles. The highest BCUT2D eigenvalue weighted by Crippen LogP contribution is 2.29. The van der Waals surface area contributed by atoms with E-state index >= 15 is 0 Å². The lowest BCUT2D eigenvalue weighted by Crippen LogP contribution is -2.20. The molecule has 0 radical (unpaired) electrons. The highest BCUT2D eigenvalue weighted by molar-refractivity contribution is 9.10. The average Bonchev–Trinajstić information content (AvgIpc) is 2.06. The zero-order valence-corrected chi connectivity index (χ0v) is 10.3. The summed E-state index contributed by atoms with van der Waals surface area (Å²) in [6.07, 6.45) is -5.50. The second kappa shape index (κ2) is 5.84. The fourth-order valence-electron chi connectivity index (χ4n) is 1.11. The fourth-order valence-corrected chi connectivity index (χ4v) is 1.36. The molecule has 7 heteroatoms. The zero-order chi connectivity index (χ0) is 11.6. The van der Waals surface area contributed by atoms with Crippen molar-refractivity contribution < 1.29 is 17.6 Å². The average molecular weight is 323 g/mol. The summed E-state index contributed by atoms with van der Waals surface area (Å²) in [6.45, 7) is 0. The van der Waals surface area contributed by atoms with Gasteiger partial charge in [-0.05, 0) is 33.6 Å². The van der Waals surface area contributed by atoms with Crippen LogP contribution in [0, 0.1) is 5.82 Å². The van der Waals surface area contributed by atoms with Gasteiger partial charge < -0.3 is 5.73 Å². The molecule has 0 spiro atoms. The van der Waals surface area contributed by atoms with Crippen molar-refractivity contribution in [2.24, 2.45) is 5.73 Å². The predicted molar refractivity (Wildman–Crippen MR) is 58.9 cm³/mol. The van der Waals surface area contributed by atoms with E-state index in [-0.39, 0.29) is 22.4 Å². The Morgan fingerprint density at radius 1 is 1.31 bits per heavy atom. The Balaban J connectivity index is 0.00000225. The van der Waals surface area contributed by atoms with Crippen LogP contribution in [0.3, 0.4) is 0 Å². The standard InChI is InChI=1S/C9H8BrF4N.ClH/c10-6-2-1-5(3-7(6)11)8(15)4-9(12,13)14;/h1-3,8H,4,15H2;1H/t8-;/m1./s1. The Labute approximate surface area is 105 Å². The molecule has 2 N–H and O–H groups in total. The van der Waals surface area contributed by atoms with Crippen LogP contribution in [0.15, 0.2) is 22.7 Å². The molecule has 1 aromatic carbocycles. The van der Waals surface area contributed by atoms with E-state index in [1.54, 1.807) is 0 Å². The van der Waals surface area contributed by atoms with Gasteiger partial charge in [-0.3, -0.25) is 0 Å². The monoisotopic (exact) mass is 321 g/mol. The van der Waals surface area contributed by atoms with Gasteiger partial charge in [0, 0.05) is 6.04 Å². The van der Waals surface area contributed by atoms with Crippen molar-refractivity contribution in [1.29, 1.82) is 0 Å². The second-order valence-electron chi connectivity index (χ2n) is 3.10. The summed E-state index contributed by atoms with van der Waals surface area (Å²) in [5.41, 5.74) is 5.43. The summed E-state index contributed by atoms with van der Waals surface area (Å²) in [7, 11) is 0. The quantitative estimate of drug-likeness (QED) is 0.819. The van der Waals surface area contributed by atoms with Crippen molar-refractivity contribution in [3.63, 3.8) is 0 Å². The summed E-state index contributed by atoms with van der Waals surface area (Å²) in [4.78, 5) is 0. The zero-order valence-electron chi connectivity index (χ0n) is 7.89. The van der Waals surface area contributed by atoms with Crippen LogP contribution >= 0.6 is 28.3 Å². The molecule has 0 saturated carbocycles. The van der Waals surface area contributed by atoms with Gasteiger partial charge in [0.05, 0.1) is 10.9 Å². The first-order chi connectivity index (χ1) is 6.79. The second-order valence-corrected chi connectivity index (χ2v) is 3.95. The molecule has 92 valence electrons. The maximum Gasteiger partial charge on any atom is 0.390 e. The van der Waals surface area contributed by atoms with Gasteiger partial charge in [-0.15, -0.1) is 12.4 Å². The van der Waals surface area contributed by atoms with Crippen molar-refractivity contribution >= 4 is 28.3 Å². The Bertz CT molecular complexity index is 356. The van der Waals surface area contributed by atoms with Crippen LogP contribution < -0.4 is 5.73 Å². The largest absolute Gasteiger partial charge is 0.390 e. The van der Waals surface area contributed by atoms with E-state index in [1.807, 2.05) is 0 Å². The minimum atomic E-state index is -4.34. The third kappa shape index (κ3) is 4.67. The molecule has 1 rings (SSSR count). The summed E-state index contributed by atoms with van der Waals surface area (Å²) in [6, 6.07) is 2.47. The van der Waals surface area contributed by atoms with E-state index in [4.69, 9.17) is 5.73 Å². The molecule has 0 bridgehead atoms. The van der Waals surface area contributed by atoms with Crippen LogP contribution in [0.2, 0.25) is 0 Å². The molecule has 0 fully saturated rings. The lowest BCUT2D eigenvalue weighted by molar-refractivity contribution is -0.138. The van der Waals surface area contributed by atoms with Crippen LogP contribution in [0.5, 0.6) is 0 Å². The van der Waals surface area contributed by atoms with Gasteiger partial charge in [0.1, 0.15) is 5.82 Å². The summed E-state index contributed by atoms with van der Waals surface area (Å²) < 4.78 is 49.2. The van der Waals surface area contributed by atoms with Gasteiger partial charge in [0.2, 0.25) is 0 Å². The van der Waals surface area contributed by atoms with Crippen LogP contribution in [-0.4, -0.2) is 6.18 Å². The molecule has 0 saturated heterocycles. The summed E-state index contributed by atoms with van der Waals surface area (Å²) in [5, 5.41) is 0. The summed E-state index contributed by atoms with van der Waals surface area (Å²) in [5.74, 6) is -0.620. The lowest BCUT2D eigenvalue weighted by Gasteiger charge is -2.14. The van der Waals surface area contributed by atoms with Gasteiger partial charge in [-0.2, -0.15) is 13.2 Å². The number of alkyl halides is 3. The van der Waals surface area contributed by atoms with Crippen molar-refractivity contribution in [2.45, 2.75) is 18.6 Å². The van der Waals surface area contributed by atoms with Gasteiger partial charge in [0.25, 0.3) is 0 Å². The fraction of sp³-hybridized carbons (Fsp3) is 0.333. The molecule has 0 aromatic heterocycles. The van der Waals surface area contributed by atoms with Crippen LogP contribution in [0.25, 0.3) is 0 Å². The van der Waals surface area contributed by atoms with E-state index in [0.29, 0.717) is 0 Å². The molecule has 0 aliphatic carbocycles. The summed E-state index contributed by atoms with van der Waals surface area (Å²) >= 11 is 2.90. The molecular formula is C9H9BrClF4N. The number of hydrogen-bond acceptors (Lipinski definition) is 1. The lowest BCUT2D eigenvalue weighted by atomic mass is 10.0. The maximum atomic E-state index is 13.0. The van der Waals surface area contributed by atoms with E-state index < -0.39 is 24.5 Å². The van der Waals surface area contributed by atoms with Crippen molar-refractivity contribution in [2.75, 3.05) is 0 Å². The topological polar surface area (TPSA) is 26.0 Å². The van der Waals surface area contributed by atoms with Crippen molar-refractivity contribution in [1.82, 2.24) is 0 Å². The van der Waals surface area contributed by atoms with Crippen molar-refractivity contribution in [3.8, 4) is 0 Å². The van der Waals surface area contributed by atoms with Gasteiger partial charge in [-0.25, -0.2) is 4.39 Å². The molecule has 1 atom stereocenters. The highest BCUT2D eigenvalue weighted by Gasteiger charge is 2.31. The Kier molecular flexibility index (Phi) is 5.72. The number of nitrogens with two attached hydrogens (primary N) is 1. The van der Waals surface area contributed by atoms with Crippen LogP contribution in [0.4, 0.5) is 17.6 Å². The number of benzene rings is 1. The Morgan fingerprint density at radius 3 is 2.31 bits per heavy atom. The minimum absolute atomic E-state index is 0. The number of rotatable bonds is 2. The van der Waals surface area contributed by atoms with Gasteiger partial charge in [-0.1, -0.05) is 6.07 Å². The first-order valence-electron chi connectivity index (χ1n) is 4.07. The molecule has 1 nitrogen and oxygen atoms in total. The Hall–Kier alpha value is -0.330. The molecule has 16 heavy (non-hydrogen) atoms. The first kappa shape index (κ1) is 15.7. The molecule has 0 aliphatic heterocycles. The minimum Gasteiger partial charge on any atom is -0.324 e. The third-order valence-electron chi connectivity index (χ3n) is 1.82. The molecular weight excluding hydrogens is 313 g/mol. The number of hydrogen-bond donors (Lipinski definition) is 1. The molecule has 0 aliphatic rings. The normalized spacial score (nSPS) is 13.1. The SMILES string of the molecule is Cl.N[C@H](CC(F)(F)F)c1ccc(Br)c(F)c1. The smallest absolute Gasteiger partial charge is 0.324 e. The molecule has 1 aromatic rings. The van der Waals surface area contributed by atoms with Gasteiger partial charge in [0.15, 0.2) is 0 Å².